The van der Waals surface area contributed by atoms with Crippen LogP contribution >= 0.6 is 0 Å². The van der Waals surface area contributed by atoms with E-state index in [0.29, 0.717) is 11.3 Å². The average molecular weight is 252 g/mol. The van der Waals surface area contributed by atoms with Gasteiger partial charge in [0.2, 0.25) is 0 Å². The first kappa shape index (κ1) is 12.3. The van der Waals surface area contributed by atoms with Crippen molar-refractivity contribution in [1.29, 1.82) is 0 Å². The number of hydrogen-bond acceptors (Lipinski definition) is 2. The zero-order chi connectivity index (χ0) is 13.3. The smallest absolute Gasteiger partial charge is 0.399 e. The first-order chi connectivity index (χ1) is 8.38. The van der Waals surface area contributed by atoms with Gasteiger partial charge in [0.05, 0.1) is 5.56 Å². The maximum atomic E-state index is 12.5. The standard InChI is InChI=1S/C13H11F3N2/c14-13(15,16)11-6-3-9(7-12(11)18)8-1-4-10(17)5-2-8/h1-7H,17-18H2. The van der Waals surface area contributed by atoms with Crippen LogP contribution in [0.3, 0.4) is 0 Å². The molecule has 0 fully saturated rings. The largest absolute Gasteiger partial charge is 0.418 e. The molecule has 18 heavy (non-hydrogen) atoms. The number of benzene rings is 2. The highest BCUT2D eigenvalue weighted by Crippen LogP contribution is 2.35. The molecule has 0 spiro atoms. The van der Waals surface area contributed by atoms with Gasteiger partial charge in [-0.15, -0.1) is 0 Å². The van der Waals surface area contributed by atoms with Gasteiger partial charge in [-0.1, -0.05) is 18.2 Å². The Morgan fingerprint density at radius 3 is 1.83 bits per heavy atom. The Balaban J connectivity index is 2.43. The zero-order valence-corrected chi connectivity index (χ0v) is 9.33. The molecule has 2 nitrogen and oxygen atoms in total. The van der Waals surface area contributed by atoms with Gasteiger partial charge >= 0.3 is 6.18 Å². The predicted molar refractivity (Wildman–Crippen MR) is 65.7 cm³/mol. The molecule has 0 aromatic heterocycles. The van der Waals surface area contributed by atoms with Gasteiger partial charge in [-0.2, -0.15) is 13.2 Å². The minimum absolute atomic E-state index is 0.281. The van der Waals surface area contributed by atoms with Gasteiger partial charge < -0.3 is 11.5 Å². The second-order valence-corrected chi connectivity index (χ2v) is 3.92. The molecule has 2 aromatic rings. The van der Waals surface area contributed by atoms with Crippen LogP contribution in [0.5, 0.6) is 0 Å². The number of halogens is 3. The lowest BCUT2D eigenvalue weighted by Gasteiger charge is -2.11. The molecule has 2 aromatic carbocycles. The van der Waals surface area contributed by atoms with Gasteiger partial charge in [-0.05, 0) is 35.4 Å². The van der Waals surface area contributed by atoms with Crippen LogP contribution in [-0.4, -0.2) is 0 Å². The van der Waals surface area contributed by atoms with Crippen LogP contribution in [0.1, 0.15) is 5.56 Å². The second kappa shape index (κ2) is 4.25. The molecule has 4 N–H and O–H groups in total. The highest BCUT2D eigenvalue weighted by molar-refractivity contribution is 5.70. The predicted octanol–water partition coefficient (Wildman–Crippen LogP) is 3.54. The van der Waals surface area contributed by atoms with E-state index in [1.54, 1.807) is 24.3 Å². The number of nitrogen functional groups attached to an aromatic ring is 2. The van der Waals surface area contributed by atoms with Crippen molar-refractivity contribution >= 4 is 11.4 Å². The molecule has 94 valence electrons. The van der Waals surface area contributed by atoms with Crippen LogP contribution in [0.4, 0.5) is 24.5 Å². The van der Waals surface area contributed by atoms with Crippen LogP contribution in [0.25, 0.3) is 11.1 Å². The summed E-state index contributed by atoms with van der Waals surface area (Å²) >= 11 is 0. The van der Waals surface area contributed by atoms with Crippen molar-refractivity contribution in [3.05, 3.63) is 48.0 Å². The molecule has 0 aliphatic heterocycles. The summed E-state index contributed by atoms with van der Waals surface area (Å²) in [6, 6.07) is 10.5. The molecule has 0 saturated carbocycles. The van der Waals surface area contributed by atoms with E-state index < -0.39 is 11.7 Å². The monoisotopic (exact) mass is 252 g/mol. The van der Waals surface area contributed by atoms with Gasteiger partial charge in [0, 0.05) is 11.4 Å². The summed E-state index contributed by atoms with van der Waals surface area (Å²) in [5, 5.41) is 0. The second-order valence-electron chi connectivity index (χ2n) is 3.92. The van der Waals surface area contributed by atoms with E-state index in [4.69, 9.17) is 11.5 Å². The fourth-order valence-electron chi connectivity index (χ4n) is 1.68. The van der Waals surface area contributed by atoms with Gasteiger partial charge in [0.15, 0.2) is 0 Å². The van der Waals surface area contributed by atoms with E-state index in [1.807, 2.05) is 0 Å². The van der Waals surface area contributed by atoms with E-state index >= 15 is 0 Å². The van der Waals surface area contributed by atoms with Crippen LogP contribution in [0, 0.1) is 0 Å². The fourth-order valence-corrected chi connectivity index (χ4v) is 1.68. The normalized spacial score (nSPS) is 11.5. The van der Waals surface area contributed by atoms with Crippen molar-refractivity contribution in [2.45, 2.75) is 6.18 Å². The lowest BCUT2D eigenvalue weighted by molar-refractivity contribution is -0.136. The SMILES string of the molecule is Nc1ccc(-c2ccc(C(F)(F)F)c(N)c2)cc1. The van der Waals surface area contributed by atoms with Crippen molar-refractivity contribution in [3.8, 4) is 11.1 Å². The van der Waals surface area contributed by atoms with E-state index in [2.05, 4.69) is 0 Å². The average Bonchev–Trinajstić information content (AvgIpc) is 2.28. The Hall–Kier alpha value is -2.17. The summed E-state index contributed by atoms with van der Waals surface area (Å²) in [6.07, 6.45) is -4.43. The molecule has 0 heterocycles. The van der Waals surface area contributed by atoms with E-state index in [0.717, 1.165) is 11.6 Å². The van der Waals surface area contributed by atoms with Crippen molar-refractivity contribution in [2.75, 3.05) is 11.5 Å². The van der Waals surface area contributed by atoms with Gasteiger partial charge in [-0.3, -0.25) is 0 Å². The number of hydrogen-bond donors (Lipinski definition) is 2. The highest BCUT2D eigenvalue weighted by Gasteiger charge is 2.32. The van der Waals surface area contributed by atoms with Crippen molar-refractivity contribution in [1.82, 2.24) is 0 Å². The molecule has 0 atom stereocenters. The minimum atomic E-state index is -4.43. The summed E-state index contributed by atoms with van der Waals surface area (Å²) in [5.41, 5.74) is 11.9. The third kappa shape index (κ3) is 2.40. The maximum absolute atomic E-state index is 12.5. The topological polar surface area (TPSA) is 52.0 Å². The summed E-state index contributed by atoms with van der Waals surface area (Å²) < 4.78 is 37.6. The maximum Gasteiger partial charge on any atom is 0.418 e. The summed E-state index contributed by atoms with van der Waals surface area (Å²) in [7, 11) is 0. The van der Waals surface area contributed by atoms with E-state index in [1.165, 1.54) is 12.1 Å². The quantitative estimate of drug-likeness (QED) is 0.763. The van der Waals surface area contributed by atoms with Gasteiger partial charge in [-0.25, -0.2) is 0 Å². The molecule has 0 bridgehead atoms. The Kier molecular flexibility index (Phi) is 2.90. The highest BCUT2D eigenvalue weighted by atomic mass is 19.4. The molecule has 0 aliphatic carbocycles. The fraction of sp³-hybridized carbons (Fsp3) is 0.0769. The Morgan fingerprint density at radius 2 is 1.33 bits per heavy atom. The molecule has 0 aliphatic rings. The molecule has 0 radical (unpaired) electrons. The lowest BCUT2D eigenvalue weighted by atomic mass is 10.0. The third-order valence-corrected chi connectivity index (χ3v) is 2.60. The Labute approximate surface area is 102 Å². The first-order valence-electron chi connectivity index (χ1n) is 5.20. The summed E-state index contributed by atoms with van der Waals surface area (Å²) in [5.74, 6) is 0. The lowest BCUT2D eigenvalue weighted by Crippen LogP contribution is -2.08. The van der Waals surface area contributed by atoms with E-state index in [-0.39, 0.29) is 5.69 Å². The van der Waals surface area contributed by atoms with Crippen molar-refractivity contribution < 1.29 is 13.2 Å². The van der Waals surface area contributed by atoms with Crippen LogP contribution < -0.4 is 11.5 Å². The van der Waals surface area contributed by atoms with Crippen molar-refractivity contribution in [2.24, 2.45) is 0 Å². The molecule has 2 rings (SSSR count). The minimum Gasteiger partial charge on any atom is -0.399 e. The first-order valence-corrected chi connectivity index (χ1v) is 5.20. The van der Waals surface area contributed by atoms with Crippen LogP contribution in [0.2, 0.25) is 0 Å². The molecular weight excluding hydrogens is 241 g/mol. The number of rotatable bonds is 1. The van der Waals surface area contributed by atoms with Crippen LogP contribution in [0.15, 0.2) is 42.5 Å². The molecular formula is C13H11F3N2. The summed E-state index contributed by atoms with van der Waals surface area (Å²) in [4.78, 5) is 0. The number of alkyl halides is 3. The van der Waals surface area contributed by atoms with E-state index in [9.17, 15) is 13.2 Å². The van der Waals surface area contributed by atoms with Crippen molar-refractivity contribution in [3.63, 3.8) is 0 Å². The third-order valence-electron chi connectivity index (χ3n) is 2.60. The Bertz CT molecular complexity index is 559. The molecule has 0 unspecified atom stereocenters. The molecule has 5 heteroatoms. The molecule has 0 saturated heterocycles. The summed E-state index contributed by atoms with van der Waals surface area (Å²) in [6.45, 7) is 0. The van der Waals surface area contributed by atoms with Gasteiger partial charge in [0.1, 0.15) is 0 Å². The molecule has 0 amide bonds. The number of anilines is 2. The van der Waals surface area contributed by atoms with Crippen LogP contribution in [-0.2, 0) is 6.18 Å². The van der Waals surface area contributed by atoms with Gasteiger partial charge in [0.25, 0.3) is 0 Å². The Morgan fingerprint density at radius 1 is 0.778 bits per heavy atom. The number of nitrogens with two attached hydrogens (primary N) is 2. The zero-order valence-electron chi connectivity index (χ0n) is 9.33.